The Morgan fingerprint density at radius 3 is 2.17 bits per heavy atom. The van der Waals surface area contributed by atoms with Crippen molar-refractivity contribution < 1.29 is 8.42 Å². The van der Waals surface area contributed by atoms with Crippen molar-refractivity contribution >= 4 is 10.0 Å². The second kappa shape index (κ2) is 5.06. The van der Waals surface area contributed by atoms with Gasteiger partial charge in [-0.1, -0.05) is 0 Å². The van der Waals surface area contributed by atoms with E-state index in [0.29, 0.717) is 18.7 Å². The van der Waals surface area contributed by atoms with E-state index in [4.69, 9.17) is 5.26 Å². The largest absolute Gasteiger partial charge is 0.304 e. The van der Waals surface area contributed by atoms with Crippen LogP contribution >= 0.6 is 0 Å². The Balaban J connectivity index is 2.22. The monoisotopic (exact) mass is 265 g/mol. The third kappa shape index (κ3) is 2.53. The molecule has 1 aromatic rings. The average molecular weight is 265 g/mol. The van der Waals surface area contributed by atoms with Gasteiger partial charge in [0.15, 0.2) is 0 Å². The third-order valence-electron chi connectivity index (χ3n) is 3.08. The van der Waals surface area contributed by atoms with Crippen molar-refractivity contribution in [2.75, 3.05) is 33.2 Å². The molecule has 1 aliphatic rings. The summed E-state index contributed by atoms with van der Waals surface area (Å²) in [6.45, 7) is 2.52. The maximum atomic E-state index is 12.3. The molecule has 0 bridgehead atoms. The number of nitrogens with zero attached hydrogens (tertiary/aromatic N) is 3. The number of nitriles is 1. The van der Waals surface area contributed by atoms with Crippen LogP contribution in [0.3, 0.4) is 0 Å². The predicted octanol–water partition coefficient (Wildman–Crippen LogP) is 0.494. The van der Waals surface area contributed by atoms with Crippen LogP contribution in [0.15, 0.2) is 29.2 Å². The van der Waals surface area contributed by atoms with Crippen molar-refractivity contribution in [1.82, 2.24) is 9.21 Å². The van der Waals surface area contributed by atoms with Gasteiger partial charge in [-0.25, -0.2) is 8.42 Å². The van der Waals surface area contributed by atoms with Gasteiger partial charge in [-0.05, 0) is 31.3 Å². The molecule has 0 N–H and O–H groups in total. The Bertz CT molecular complexity index is 552. The Kier molecular flexibility index (Phi) is 3.66. The molecule has 1 fully saturated rings. The molecule has 96 valence electrons. The Morgan fingerprint density at radius 1 is 1.11 bits per heavy atom. The van der Waals surface area contributed by atoms with Crippen LogP contribution in [0.25, 0.3) is 0 Å². The quantitative estimate of drug-likeness (QED) is 0.781. The van der Waals surface area contributed by atoms with E-state index in [-0.39, 0.29) is 4.90 Å². The first-order valence-electron chi connectivity index (χ1n) is 5.73. The first kappa shape index (κ1) is 13.0. The molecule has 0 saturated carbocycles. The van der Waals surface area contributed by atoms with E-state index in [2.05, 4.69) is 4.90 Å². The lowest BCUT2D eigenvalue weighted by Gasteiger charge is -2.31. The summed E-state index contributed by atoms with van der Waals surface area (Å²) in [4.78, 5) is 2.36. The second-order valence-electron chi connectivity index (χ2n) is 4.34. The van der Waals surface area contributed by atoms with Crippen LogP contribution in [-0.4, -0.2) is 50.8 Å². The fraction of sp³-hybridized carbons (Fsp3) is 0.417. The number of benzene rings is 1. The Hall–Kier alpha value is -1.42. The first-order chi connectivity index (χ1) is 8.54. The van der Waals surface area contributed by atoms with Gasteiger partial charge in [0.05, 0.1) is 16.5 Å². The molecule has 0 aromatic heterocycles. The number of likely N-dealkylation sites (N-methyl/N-ethyl adjacent to an activating group) is 1. The van der Waals surface area contributed by atoms with E-state index in [1.807, 2.05) is 13.1 Å². The highest BCUT2D eigenvalue weighted by Crippen LogP contribution is 2.17. The summed E-state index contributed by atoms with van der Waals surface area (Å²) in [5.74, 6) is 0. The Labute approximate surface area is 107 Å². The van der Waals surface area contributed by atoms with Crippen molar-refractivity contribution in [3.05, 3.63) is 29.8 Å². The SMILES string of the molecule is CN1CCN(S(=O)(=O)c2ccc(C#N)cc2)CC1. The molecule has 1 aliphatic heterocycles. The highest BCUT2D eigenvalue weighted by Gasteiger charge is 2.27. The van der Waals surface area contributed by atoms with Crippen molar-refractivity contribution in [3.63, 3.8) is 0 Å². The van der Waals surface area contributed by atoms with Crippen LogP contribution in [0, 0.1) is 11.3 Å². The van der Waals surface area contributed by atoms with Crippen molar-refractivity contribution in [2.24, 2.45) is 0 Å². The highest BCUT2D eigenvalue weighted by atomic mass is 32.2. The highest BCUT2D eigenvalue weighted by molar-refractivity contribution is 7.89. The lowest BCUT2D eigenvalue weighted by molar-refractivity contribution is 0.222. The smallest absolute Gasteiger partial charge is 0.243 e. The van der Waals surface area contributed by atoms with Gasteiger partial charge in [-0.2, -0.15) is 9.57 Å². The molecule has 18 heavy (non-hydrogen) atoms. The van der Waals surface area contributed by atoms with E-state index >= 15 is 0 Å². The number of hydrogen-bond acceptors (Lipinski definition) is 4. The Morgan fingerprint density at radius 2 is 1.67 bits per heavy atom. The topological polar surface area (TPSA) is 64.4 Å². The van der Waals surface area contributed by atoms with Gasteiger partial charge in [0.25, 0.3) is 0 Å². The van der Waals surface area contributed by atoms with Gasteiger partial charge in [0.1, 0.15) is 0 Å². The number of hydrogen-bond donors (Lipinski definition) is 0. The fourth-order valence-corrected chi connectivity index (χ4v) is 3.30. The minimum atomic E-state index is -3.41. The van der Waals surface area contributed by atoms with Gasteiger partial charge < -0.3 is 4.90 Å². The lowest BCUT2D eigenvalue weighted by atomic mass is 10.2. The molecule has 0 aliphatic carbocycles. The summed E-state index contributed by atoms with van der Waals surface area (Å²) in [6, 6.07) is 8.02. The normalized spacial score (nSPS) is 18.4. The molecule has 0 unspecified atom stereocenters. The average Bonchev–Trinajstić information content (AvgIpc) is 2.39. The zero-order valence-electron chi connectivity index (χ0n) is 10.2. The minimum Gasteiger partial charge on any atom is -0.304 e. The van der Waals surface area contributed by atoms with Gasteiger partial charge >= 0.3 is 0 Å². The molecule has 2 rings (SSSR count). The molecule has 1 saturated heterocycles. The van der Waals surface area contributed by atoms with Crippen molar-refractivity contribution in [2.45, 2.75) is 4.90 Å². The maximum absolute atomic E-state index is 12.3. The molecule has 0 amide bonds. The fourth-order valence-electron chi connectivity index (χ4n) is 1.88. The number of sulfonamides is 1. The molecule has 0 atom stereocenters. The van der Waals surface area contributed by atoms with Gasteiger partial charge in [-0.3, -0.25) is 0 Å². The van der Waals surface area contributed by atoms with E-state index < -0.39 is 10.0 Å². The molecular weight excluding hydrogens is 250 g/mol. The van der Waals surface area contributed by atoms with Gasteiger partial charge in [0, 0.05) is 26.2 Å². The van der Waals surface area contributed by atoms with E-state index in [1.165, 1.54) is 28.6 Å². The minimum absolute atomic E-state index is 0.256. The van der Waals surface area contributed by atoms with Crippen LogP contribution in [0.5, 0.6) is 0 Å². The number of rotatable bonds is 2. The van der Waals surface area contributed by atoms with E-state index in [1.54, 1.807) is 0 Å². The molecule has 1 heterocycles. The second-order valence-corrected chi connectivity index (χ2v) is 6.28. The zero-order valence-corrected chi connectivity index (χ0v) is 11.0. The molecule has 0 spiro atoms. The van der Waals surface area contributed by atoms with Crippen LogP contribution in [0.2, 0.25) is 0 Å². The summed E-state index contributed by atoms with van der Waals surface area (Å²) in [5.41, 5.74) is 0.465. The number of piperazine rings is 1. The first-order valence-corrected chi connectivity index (χ1v) is 7.17. The van der Waals surface area contributed by atoms with Crippen LogP contribution in [0.1, 0.15) is 5.56 Å². The van der Waals surface area contributed by atoms with Crippen molar-refractivity contribution in [1.29, 1.82) is 5.26 Å². The summed E-state index contributed by atoms with van der Waals surface area (Å²) >= 11 is 0. The van der Waals surface area contributed by atoms with Crippen LogP contribution in [0.4, 0.5) is 0 Å². The van der Waals surface area contributed by atoms with E-state index in [0.717, 1.165) is 13.1 Å². The van der Waals surface area contributed by atoms with Crippen molar-refractivity contribution in [3.8, 4) is 6.07 Å². The summed E-state index contributed by atoms with van der Waals surface area (Å²) in [5, 5.41) is 8.69. The maximum Gasteiger partial charge on any atom is 0.243 e. The third-order valence-corrected chi connectivity index (χ3v) is 5.00. The summed E-state index contributed by atoms with van der Waals surface area (Å²) < 4.78 is 26.1. The molecule has 0 radical (unpaired) electrons. The molecule has 6 heteroatoms. The van der Waals surface area contributed by atoms with Crippen LogP contribution in [-0.2, 0) is 10.0 Å². The molecular formula is C12H15N3O2S. The van der Waals surface area contributed by atoms with Crippen LogP contribution < -0.4 is 0 Å². The molecule has 1 aromatic carbocycles. The standard InChI is InChI=1S/C12H15N3O2S/c1-14-6-8-15(9-7-14)18(16,17)12-4-2-11(10-13)3-5-12/h2-5H,6-9H2,1H3. The lowest BCUT2D eigenvalue weighted by Crippen LogP contribution is -2.46. The van der Waals surface area contributed by atoms with Gasteiger partial charge in [0.2, 0.25) is 10.0 Å². The zero-order chi connectivity index (χ0) is 13.2. The molecule has 5 nitrogen and oxygen atoms in total. The summed E-state index contributed by atoms with van der Waals surface area (Å²) in [7, 11) is -1.44. The summed E-state index contributed by atoms with van der Waals surface area (Å²) in [6.07, 6.45) is 0. The van der Waals surface area contributed by atoms with Gasteiger partial charge in [-0.15, -0.1) is 0 Å². The van der Waals surface area contributed by atoms with E-state index in [9.17, 15) is 8.42 Å². The predicted molar refractivity (Wildman–Crippen MR) is 67.4 cm³/mol.